The molecule has 1 aliphatic rings. The quantitative estimate of drug-likeness (QED) is 0.204. The minimum atomic E-state index is -0.496. The van der Waals surface area contributed by atoms with Crippen molar-refractivity contribution in [2.75, 3.05) is 14.2 Å². The van der Waals surface area contributed by atoms with Crippen LogP contribution < -0.4 is 9.47 Å². The van der Waals surface area contributed by atoms with Crippen molar-refractivity contribution in [3.63, 3.8) is 0 Å². The van der Waals surface area contributed by atoms with Gasteiger partial charge in [0.05, 0.1) is 43.1 Å². The number of hydrogen-bond donors (Lipinski definition) is 1. The lowest BCUT2D eigenvalue weighted by Crippen LogP contribution is -2.28. The summed E-state index contributed by atoms with van der Waals surface area (Å²) in [5, 5.41) is 29.8. The van der Waals surface area contributed by atoms with E-state index in [0.29, 0.717) is 27.0 Å². The summed E-state index contributed by atoms with van der Waals surface area (Å²) in [5.41, 5.74) is 0.974. The molecular weight excluding hydrogens is 488 g/mol. The Morgan fingerprint density at radius 3 is 2.53 bits per heavy atom. The Morgan fingerprint density at radius 2 is 1.89 bits per heavy atom. The van der Waals surface area contributed by atoms with Crippen molar-refractivity contribution in [1.29, 1.82) is 0 Å². The first-order chi connectivity index (χ1) is 17.4. The Balaban J connectivity index is 1.65. The summed E-state index contributed by atoms with van der Waals surface area (Å²) in [7, 11) is 2.83. The van der Waals surface area contributed by atoms with E-state index in [4.69, 9.17) is 13.9 Å². The Kier molecular flexibility index (Phi) is 7.35. The average molecular weight is 509 g/mol. The summed E-state index contributed by atoms with van der Waals surface area (Å²) in [4.78, 5) is 25.5. The van der Waals surface area contributed by atoms with Crippen molar-refractivity contribution < 1.29 is 28.7 Å². The van der Waals surface area contributed by atoms with Gasteiger partial charge < -0.3 is 19.0 Å². The standard InChI is InChI=1S/C24H20N4O7S/c1-33-19-10-16(11-20(34-2)22(19)29)13-25-26-24-27(14-18-7-4-8-35-18)23(30)21(36-24)12-15-5-3-6-17(9-15)28(31)32/h3-13,29H,14H2,1-2H3/b21-12-,25-13+,26-24-. The number of carbonyl (C=O) groups is 1. The second-order valence-corrected chi connectivity index (χ2v) is 8.34. The van der Waals surface area contributed by atoms with Gasteiger partial charge in [0.2, 0.25) is 5.75 Å². The molecule has 2 aromatic carbocycles. The van der Waals surface area contributed by atoms with Crippen molar-refractivity contribution in [2.45, 2.75) is 6.54 Å². The largest absolute Gasteiger partial charge is 0.502 e. The molecule has 36 heavy (non-hydrogen) atoms. The van der Waals surface area contributed by atoms with E-state index in [0.717, 1.165) is 11.8 Å². The van der Waals surface area contributed by atoms with Gasteiger partial charge >= 0.3 is 0 Å². The number of carbonyl (C=O) groups excluding carboxylic acids is 1. The van der Waals surface area contributed by atoms with E-state index in [2.05, 4.69) is 10.2 Å². The highest BCUT2D eigenvalue weighted by Crippen LogP contribution is 2.37. The lowest BCUT2D eigenvalue weighted by atomic mass is 10.2. The molecule has 0 atom stereocenters. The summed E-state index contributed by atoms with van der Waals surface area (Å²) in [6.07, 6.45) is 4.50. The van der Waals surface area contributed by atoms with E-state index in [1.807, 2.05) is 0 Å². The molecule has 0 saturated carbocycles. The molecule has 11 nitrogen and oxygen atoms in total. The maximum absolute atomic E-state index is 13.2. The summed E-state index contributed by atoms with van der Waals surface area (Å²) in [6, 6.07) is 12.5. The number of phenols is 1. The van der Waals surface area contributed by atoms with E-state index in [1.165, 1.54) is 43.7 Å². The normalized spacial score (nSPS) is 15.8. The van der Waals surface area contributed by atoms with E-state index in [-0.39, 0.29) is 35.4 Å². The highest BCUT2D eigenvalue weighted by Gasteiger charge is 2.34. The van der Waals surface area contributed by atoms with Crippen LogP contribution in [0.2, 0.25) is 0 Å². The van der Waals surface area contributed by atoms with Crippen molar-refractivity contribution >= 4 is 40.8 Å². The predicted octanol–water partition coefficient (Wildman–Crippen LogP) is 4.42. The summed E-state index contributed by atoms with van der Waals surface area (Å²) < 4.78 is 15.7. The Morgan fingerprint density at radius 1 is 1.14 bits per heavy atom. The van der Waals surface area contributed by atoms with Gasteiger partial charge in [-0.3, -0.25) is 19.8 Å². The zero-order valence-electron chi connectivity index (χ0n) is 19.2. The molecule has 1 N–H and O–H groups in total. The van der Waals surface area contributed by atoms with Crippen molar-refractivity contribution in [2.24, 2.45) is 10.2 Å². The number of methoxy groups -OCH3 is 2. The fourth-order valence-corrected chi connectivity index (χ4v) is 4.23. The number of benzene rings is 2. The number of amidine groups is 1. The maximum atomic E-state index is 13.2. The lowest BCUT2D eigenvalue weighted by molar-refractivity contribution is -0.384. The molecule has 1 aliphatic heterocycles. The third-order valence-corrected chi connectivity index (χ3v) is 6.01. The second-order valence-electron chi connectivity index (χ2n) is 7.33. The minimum absolute atomic E-state index is 0.0783. The van der Waals surface area contributed by atoms with Gasteiger partial charge in [-0.25, -0.2) is 0 Å². The number of ether oxygens (including phenoxy) is 2. The number of non-ortho nitro benzene ring substituents is 1. The first-order valence-electron chi connectivity index (χ1n) is 10.4. The monoisotopic (exact) mass is 508 g/mol. The van der Waals surface area contributed by atoms with Gasteiger partial charge in [0.15, 0.2) is 16.7 Å². The first-order valence-corrected chi connectivity index (χ1v) is 11.3. The lowest BCUT2D eigenvalue weighted by Gasteiger charge is -2.12. The summed E-state index contributed by atoms with van der Waals surface area (Å²) in [5.74, 6) is 0.474. The zero-order chi connectivity index (χ0) is 25.7. The van der Waals surface area contributed by atoms with Crippen molar-refractivity contribution in [3.05, 3.63) is 86.7 Å². The number of nitro benzene ring substituents is 1. The number of hydrogen-bond acceptors (Lipinski definition) is 10. The van der Waals surface area contributed by atoms with Gasteiger partial charge in [-0.2, -0.15) is 5.10 Å². The van der Waals surface area contributed by atoms with E-state index in [1.54, 1.807) is 42.5 Å². The molecule has 1 fully saturated rings. The second kappa shape index (κ2) is 10.8. The topological polar surface area (TPSA) is 140 Å². The molecule has 0 bridgehead atoms. The molecule has 0 radical (unpaired) electrons. The van der Waals surface area contributed by atoms with Gasteiger partial charge in [0, 0.05) is 17.7 Å². The van der Waals surface area contributed by atoms with Gasteiger partial charge in [-0.15, -0.1) is 5.10 Å². The van der Waals surface area contributed by atoms with Crippen LogP contribution in [-0.2, 0) is 11.3 Å². The highest BCUT2D eigenvalue weighted by atomic mass is 32.2. The number of phenolic OH excluding ortho intramolecular Hbond substituents is 1. The number of nitro groups is 1. The Labute approximate surface area is 209 Å². The molecule has 4 rings (SSSR count). The molecule has 1 aromatic heterocycles. The molecule has 2 heterocycles. The number of rotatable bonds is 8. The highest BCUT2D eigenvalue weighted by molar-refractivity contribution is 8.18. The zero-order valence-corrected chi connectivity index (χ0v) is 20.0. The molecule has 0 spiro atoms. The van der Waals surface area contributed by atoms with Gasteiger partial charge in [0.25, 0.3) is 11.6 Å². The van der Waals surface area contributed by atoms with E-state index < -0.39 is 4.92 Å². The van der Waals surface area contributed by atoms with Crippen LogP contribution in [0, 0.1) is 10.1 Å². The number of thioether (sulfide) groups is 1. The number of aromatic hydroxyl groups is 1. The minimum Gasteiger partial charge on any atom is -0.502 e. The van der Waals surface area contributed by atoms with E-state index >= 15 is 0 Å². The molecule has 1 amide bonds. The maximum Gasteiger partial charge on any atom is 0.270 e. The molecular formula is C24H20N4O7S. The third-order valence-electron chi connectivity index (χ3n) is 5.01. The number of nitrogens with zero attached hydrogens (tertiary/aromatic N) is 4. The molecule has 0 aliphatic carbocycles. The molecule has 0 unspecified atom stereocenters. The van der Waals surface area contributed by atoms with Crippen LogP contribution in [0.15, 0.2) is 74.3 Å². The van der Waals surface area contributed by atoms with Gasteiger partial charge in [0.1, 0.15) is 5.76 Å². The fraction of sp³-hybridized carbons (Fsp3) is 0.125. The first kappa shape index (κ1) is 24.5. The van der Waals surface area contributed by atoms with Crippen LogP contribution in [-0.4, -0.2) is 46.4 Å². The smallest absolute Gasteiger partial charge is 0.270 e. The summed E-state index contributed by atoms with van der Waals surface area (Å²) >= 11 is 1.08. The third kappa shape index (κ3) is 5.39. The van der Waals surface area contributed by atoms with Crippen molar-refractivity contribution in [3.8, 4) is 17.2 Å². The van der Waals surface area contributed by atoms with Crippen LogP contribution in [0.5, 0.6) is 17.2 Å². The Hall–Kier alpha value is -4.58. The van der Waals surface area contributed by atoms with E-state index in [9.17, 15) is 20.0 Å². The fourth-order valence-electron chi connectivity index (χ4n) is 3.29. The molecule has 1 saturated heterocycles. The number of amides is 1. The van der Waals surface area contributed by atoms with Crippen LogP contribution in [0.3, 0.4) is 0 Å². The molecule has 3 aromatic rings. The number of furan rings is 1. The van der Waals surface area contributed by atoms with Crippen LogP contribution in [0.25, 0.3) is 6.08 Å². The average Bonchev–Trinajstić information content (AvgIpc) is 3.49. The predicted molar refractivity (Wildman–Crippen MR) is 134 cm³/mol. The summed E-state index contributed by atoms with van der Waals surface area (Å²) in [6.45, 7) is 0.125. The van der Waals surface area contributed by atoms with Crippen molar-refractivity contribution in [1.82, 2.24) is 4.90 Å². The SMILES string of the molecule is COc1cc(/C=N/N=C2\S/C(=C\c3cccc([N+](=O)[O-])c3)C(=O)N2Cc2ccco2)cc(OC)c1O. The molecule has 12 heteroatoms. The van der Waals surface area contributed by atoms with Gasteiger partial charge in [-0.05, 0) is 47.7 Å². The van der Waals surface area contributed by atoms with Crippen LogP contribution in [0.1, 0.15) is 16.9 Å². The molecule has 184 valence electrons. The van der Waals surface area contributed by atoms with Crippen LogP contribution >= 0.6 is 11.8 Å². The Bertz CT molecular complexity index is 1360. The van der Waals surface area contributed by atoms with Gasteiger partial charge in [-0.1, -0.05) is 12.1 Å². The van der Waals surface area contributed by atoms with Crippen LogP contribution in [0.4, 0.5) is 5.69 Å².